The third-order valence-electron chi connectivity index (χ3n) is 1.21. The largest absolute Gasteiger partial charge is 0.410 e. The number of aromatic nitrogens is 3. The van der Waals surface area contributed by atoms with E-state index in [2.05, 4.69) is 10.1 Å². The molecular formula is C5H9N3O2. The van der Waals surface area contributed by atoms with E-state index in [0.29, 0.717) is 10.7 Å². The highest BCUT2D eigenvalue weighted by Crippen LogP contribution is 2.06. The Bertz CT molecular complexity index is 210. The van der Waals surface area contributed by atoms with E-state index in [1.165, 1.54) is 6.33 Å². The zero-order chi connectivity index (χ0) is 7.56. The average Bonchev–Trinajstić information content (AvgIpc) is 2.34. The van der Waals surface area contributed by atoms with Crippen molar-refractivity contribution < 1.29 is 10.3 Å². The molecule has 0 aliphatic rings. The summed E-state index contributed by atoms with van der Waals surface area (Å²) in [6, 6.07) is 0. The first-order valence-electron chi connectivity index (χ1n) is 2.95. The molecule has 1 atom stereocenters. The molecule has 2 N–H and O–H groups in total. The molecule has 1 heterocycles. The van der Waals surface area contributed by atoms with Crippen molar-refractivity contribution >= 4 is 0 Å². The highest BCUT2D eigenvalue weighted by atomic mass is 16.5. The van der Waals surface area contributed by atoms with Crippen LogP contribution in [0.1, 0.15) is 18.7 Å². The first-order chi connectivity index (χ1) is 4.74. The second-order valence-corrected chi connectivity index (χ2v) is 2.11. The van der Waals surface area contributed by atoms with Gasteiger partial charge in [0, 0.05) is 5.92 Å². The van der Waals surface area contributed by atoms with Crippen molar-refractivity contribution in [2.75, 3.05) is 6.61 Å². The standard InChI is InChI=1S/C5H9N3O2/c1-4(2-9)5-6-3-8(10)7-5/h3-4,9-10H,2H2,1H3. The van der Waals surface area contributed by atoms with E-state index in [1.807, 2.05) is 0 Å². The van der Waals surface area contributed by atoms with Crippen LogP contribution >= 0.6 is 0 Å². The number of hydrogen-bond acceptors (Lipinski definition) is 4. The van der Waals surface area contributed by atoms with Crippen molar-refractivity contribution in [2.45, 2.75) is 12.8 Å². The lowest BCUT2D eigenvalue weighted by atomic mass is 10.2. The quantitative estimate of drug-likeness (QED) is 0.553. The Morgan fingerprint density at radius 3 is 2.90 bits per heavy atom. The van der Waals surface area contributed by atoms with Crippen LogP contribution < -0.4 is 0 Å². The highest BCUT2D eigenvalue weighted by Gasteiger charge is 2.07. The van der Waals surface area contributed by atoms with Crippen LogP contribution in [0.25, 0.3) is 0 Å². The van der Waals surface area contributed by atoms with Crippen LogP contribution in [0, 0.1) is 0 Å². The first kappa shape index (κ1) is 7.01. The van der Waals surface area contributed by atoms with Gasteiger partial charge in [-0.1, -0.05) is 11.8 Å². The summed E-state index contributed by atoms with van der Waals surface area (Å²) < 4.78 is 0. The van der Waals surface area contributed by atoms with Crippen LogP contribution in [-0.4, -0.2) is 31.8 Å². The second-order valence-electron chi connectivity index (χ2n) is 2.11. The summed E-state index contributed by atoms with van der Waals surface area (Å²) >= 11 is 0. The Hall–Kier alpha value is -1.10. The molecule has 10 heavy (non-hydrogen) atoms. The SMILES string of the molecule is CC(CO)c1ncn(O)n1. The summed E-state index contributed by atoms with van der Waals surface area (Å²) in [5.74, 6) is 0.332. The molecule has 0 spiro atoms. The van der Waals surface area contributed by atoms with E-state index < -0.39 is 0 Å². The third-order valence-corrected chi connectivity index (χ3v) is 1.21. The molecule has 56 valence electrons. The van der Waals surface area contributed by atoms with E-state index in [9.17, 15) is 0 Å². The molecule has 5 nitrogen and oxygen atoms in total. The number of nitrogens with zero attached hydrogens (tertiary/aromatic N) is 3. The van der Waals surface area contributed by atoms with Crippen LogP contribution in [0.2, 0.25) is 0 Å². The second kappa shape index (κ2) is 2.66. The molecule has 1 aromatic heterocycles. The van der Waals surface area contributed by atoms with Gasteiger partial charge in [-0.05, 0) is 0 Å². The van der Waals surface area contributed by atoms with Crippen molar-refractivity contribution in [1.29, 1.82) is 0 Å². The molecule has 1 rings (SSSR count). The fourth-order valence-electron chi connectivity index (χ4n) is 0.575. The topological polar surface area (TPSA) is 71.2 Å². The lowest BCUT2D eigenvalue weighted by Gasteiger charge is -1.98. The average molecular weight is 143 g/mol. The summed E-state index contributed by atoms with van der Waals surface area (Å²) in [5, 5.41) is 20.9. The molecule has 0 saturated carbocycles. The van der Waals surface area contributed by atoms with E-state index in [4.69, 9.17) is 10.3 Å². The smallest absolute Gasteiger partial charge is 0.159 e. The Balaban J connectivity index is 2.74. The molecule has 0 aliphatic carbocycles. The van der Waals surface area contributed by atoms with E-state index in [1.54, 1.807) is 6.92 Å². The Kier molecular flexibility index (Phi) is 1.86. The van der Waals surface area contributed by atoms with Crippen LogP contribution in [-0.2, 0) is 0 Å². The molecule has 0 fully saturated rings. The van der Waals surface area contributed by atoms with Crippen molar-refractivity contribution in [3.8, 4) is 0 Å². The van der Waals surface area contributed by atoms with E-state index >= 15 is 0 Å². The lowest BCUT2D eigenvalue weighted by Crippen LogP contribution is -2.02. The van der Waals surface area contributed by atoms with Gasteiger partial charge in [0.25, 0.3) is 0 Å². The normalized spacial score (nSPS) is 13.4. The maximum atomic E-state index is 8.66. The molecule has 1 aromatic rings. The molecule has 5 heteroatoms. The predicted octanol–water partition coefficient (Wildman–Crippen LogP) is -0.389. The first-order valence-corrected chi connectivity index (χ1v) is 2.95. The van der Waals surface area contributed by atoms with Gasteiger partial charge in [0.1, 0.15) is 0 Å². The van der Waals surface area contributed by atoms with Crippen molar-refractivity contribution in [3.05, 3.63) is 12.2 Å². The molecule has 0 amide bonds. The zero-order valence-electron chi connectivity index (χ0n) is 5.60. The molecule has 0 radical (unpaired) electrons. The maximum Gasteiger partial charge on any atom is 0.159 e. The molecule has 0 aliphatic heterocycles. The van der Waals surface area contributed by atoms with Crippen LogP contribution in [0.5, 0.6) is 0 Å². The summed E-state index contributed by atoms with van der Waals surface area (Å²) in [5.41, 5.74) is 0. The summed E-state index contributed by atoms with van der Waals surface area (Å²) in [6.07, 6.45) is 1.18. The maximum absolute atomic E-state index is 8.66. The highest BCUT2D eigenvalue weighted by molar-refractivity contribution is 4.89. The number of rotatable bonds is 2. The minimum atomic E-state index is -0.117. The van der Waals surface area contributed by atoms with Gasteiger partial charge in [0.15, 0.2) is 12.2 Å². The van der Waals surface area contributed by atoms with Crippen molar-refractivity contribution in [1.82, 2.24) is 14.9 Å². The van der Waals surface area contributed by atoms with Crippen LogP contribution in [0.4, 0.5) is 0 Å². The van der Waals surface area contributed by atoms with Gasteiger partial charge in [-0.2, -0.15) is 0 Å². The van der Waals surface area contributed by atoms with Gasteiger partial charge in [0.05, 0.1) is 6.61 Å². The van der Waals surface area contributed by atoms with Gasteiger partial charge in [-0.25, -0.2) is 4.98 Å². The molecule has 1 unspecified atom stereocenters. The lowest BCUT2D eigenvalue weighted by molar-refractivity contribution is 0.145. The fourth-order valence-corrected chi connectivity index (χ4v) is 0.575. The van der Waals surface area contributed by atoms with Crippen molar-refractivity contribution in [3.63, 3.8) is 0 Å². The van der Waals surface area contributed by atoms with Crippen LogP contribution in [0.3, 0.4) is 0 Å². The van der Waals surface area contributed by atoms with E-state index in [0.717, 1.165) is 0 Å². The van der Waals surface area contributed by atoms with Gasteiger partial charge in [-0.3, -0.25) is 0 Å². The minimum absolute atomic E-state index is 0.00991. The van der Waals surface area contributed by atoms with Gasteiger partial charge in [-0.15, -0.1) is 5.10 Å². The van der Waals surface area contributed by atoms with E-state index in [-0.39, 0.29) is 12.5 Å². The molecule has 0 bridgehead atoms. The molecule has 0 aromatic carbocycles. The predicted molar refractivity (Wildman–Crippen MR) is 32.7 cm³/mol. The number of hydrogen-bond donors (Lipinski definition) is 2. The molecule has 0 saturated heterocycles. The fraction of sp³-hybridized carbons (Fsp3) is 0.600. The van der Waals surface area contributed by atoms with Crippen LogP contribution in [0.15, 0.2) is 6.33 Å². The minimum Gasteiger partial charge on any atom is -0.410 e. The van der Waals surface area contributed by atoms with Gasteiger partial charge in [0.2, 0.25) is 0 Å². The van der Waals surface area contributed by atoms with Gasteiger partial charge >= 0.3 is 0 Å². The summed E-state index contributed by atoms with van der Waals surface area (Å²) in [4.78, 5) is 4.35. The number of aliphatic hydroxyl groups excluding tert-OH is 1. The summed E-state index contributed by atoms with van der Waals surface area (Å²) in [6.45, 7) is 1.76. The molecular weight excluding hydrogens is 134 g/mol. The Morgan fingerprint density at radius 2 is 2.50 bits per heavy atom. The third kappa shape index (κ3) is 1.24. The summed E-state index contributed by atoms with van der Waals surface area (Å²) in [7, 11) is 0. The van der Waals surface area contributed by atoms with Gasteiger partial charge < -0.3 is 10.3 Å². The Morgan fingerprint density at radius 1 is 1.80 bits per heavy atom. The Labute approximate surface area is 57.9 Å². The zero-order valence-corrected chi connectivity index (χ0v) is 5.60. The monoisotopic (exact) mass is 143 g/mol. The number of aliphatic hydroxyl groups is 1. The van der Waals surface area contributed by atoms with Crippen molar-refractivity contribution in [2.24, 2.45) is 0 Å².